The van der Waals surface area contributed by atoms with Gasteiger partial charge in [-0.1, -0.05) is 29.8 Å². The van der Waals surface area contributed by atoms with Gasteiger partial charge in [0.2, 0.25) is 0 Å². The number of H-pyrrole nitrogens is 1. The molecule has 0 spiro atoms. The van der Waals surface area contributed by atoms with Crippen LogP contribution in [0.25, 0.3) is 22.3 Å². The second-order valence-corrected chi connectivity index (χ2v) is 4.01. The van der Waals surface area contributed by atoms with Gasteiger partial charge in [-0.15, -0.1) is 0 Å². The Morgan fingerprint density at radius 2 is 2.00 bits per heavy atom. The van der Waals surface area contributed by atoms with Crippen molar-refractivity contribution in [3.05, 3.63) is 53.7 Å². The van der Waals surface area contributed by atoms with Crippen LogP contribution >= 0.6 is 11.6 Å². The molecule has 0 aliphatic rings. The minimum absolute atomic E-state index is 0.736. The van der Waals surface area contributed by atoms with E-state index in [1.807, 2.05) is 36.4 Å². The van der Waals surface area contributed by atoms with E-state index < -0.39 is 0 Å². The maximum absolute atomic E-state index is 6.11. The molecule has 3 heteroatoms. The summed E-state index contributed by atoms with van der Waals surface area (Å²) < 4.78 is 0. The minimum atomic E-state index is 0.736. The quantitative estimate of drug-likeness (QED) is 0.673. The summed E-state index contributed by atoms with van der Waals surface area (Å²) in [6.07, 6.45) is 1.78. The van der Waals surface area contributed by atoms with Crippen LogP contribution < -0.4 is 0 Å². The molecule has 78 valence electrons. The molecule has 0 atom stereocenters. The molecule has 2 aromatic heterocycles. The van der Waals surface area contributed by atoms with E-state index in [1.54, 1.807) is 6.20 Å². The Kier molecular flexibility index (Phi) is 2.15. The van der Waals surface area contributed by atoms with Crippen molar-refractivity contribution in [2.45, 2.75) is 0 Å². The number of halogens is 1. The normalized spacial score (nSPS) is 10.8. The van der Waals surface area contributed by atoms with E-state index in [4.69, 9.17) is 11.6 Å². The lowest BCUT2D eigenvalue weighted by Gasteiger charge is -1.94. The van der Waals surface area contributed by atoms with Crippen LogP contribution in [-0.2, 0) is 0 Å². The van der Waals surface area contributed by atoms with Gasteiger partial charge in [-0.25, -0.2) is 0 Å². The number of hydrogen-bond acceptors (Lipinski definition) is 1. The average molecular weight is 229 g/mol. The lowest BCUT2D eigenvalue weighted by Crippen LogP contribution is -1.80. The van der Waals surface area contributed by atoms with E-state index in [2.05, 4.69) is 16.0 Å². The molecule has 0 aliphatic carbocycles. The van der Waals surface area contributed by atoms with Crippen molar-refractivity contribution < 1.29 is 0 Å². The third-order valence-corrected chi connectivity index (χ3v) is 2.86. The zero-order valence-electron chi connectivity index (χ0n) is 8.44. The second-order valence-electron chi connectivity index (χ2n) is 3.60. The molecular formula is C13H9ClN2. The fourth-order valence-corrected chi connectivity index (χ4v) is 2.01. The molecule has 2 heterocycles. The van der Waals surface area contributed by atoms with Gasteiger partial charge in [-0.3, -0.25) is 4.98 Å². The number of aromatic nitrogens is 2. The van der Waals surface area contributed by atoms with E-state index in [0.717, 1.165) is 27.3 Å². The first-order valence-electron chi connectivity index (χ1n) is 5.03. The van der Waals surface area contributed by atoms with E-state index in [1.165, 1.54) is 0 Å². The fraction of sp³-hybridized carbons (Fsp3) is 0. The first-order chi connectivity index (χ1) is 7.84. The Hall–Kier alpha value is -1.80. The number of para-hydroxylation sites is 1. The Labute approximate surface area is 97.9 Å². The summed E-state index contributed by atoms with van der Waals surface area (Å²) in [6.45, 7) is 0. The van der Waals surface area contributed by atoms with Crippen LogP contribution in [0.1, 0.15) is 0 Å². The van der Waals surface area contributed by atoms with Crippen LogP contribution in [0.4, 0.5) is 0 Å². The largest absolute Gasteiger partial charge is 0.352 e. The van der Waals surface area contributed by atoms with Crippen molar-refractivity contribution >= 4 is 22.5 Å². The average Bonchev–Trinajstić information content (AvgIpc) is 2.76. The molecule has 0 amide bonds. The standard InChI is InChI=1S/C13H9ClN2/c14-10-5-3-4-9-8-12(16-13(9)10)11-6-1-2-7-15-11/h1-8,16H. The van der Waals surface area contributed by atoms with Crippen LogP contribution in [0.5, 0.6) is 0 Å². The molecule has 3 rings (SSSR count). The van der Waals surface area contributed by atoms with Crippen molar-refractivity contribution in [2.24, 2.45) is 0 Å². The molecule has 0 saturated heterocycles. The zero-order chi connectivity index (χ0) is 11.0. The molecule has 0 bridgehead atoms. The third-order valence-electron chi connectivity index (χ3n) is 2.55. The van der Waals surface area contributed by atoms with Crippen LogP contribution in [0.2, 0.25) is 5.02 Å². The predicted octanol–water partition coefficient (Wildman–Crippen LogP) is 3.88. The number of benzene rings is 1. The van der Waals surface area contributed by atoms with Gasteiger partial charge in [0.25, 0.3) is 0 Å². The van der Waals surface area contributed by atoms with E-state index >= 15 is 0 Å². The summed E-state index contributed by atoms with van der Waals surface area (Å²) in [7, 11) is 0. The number of pyridine rings is 1. The highest BCUT2D eigenvalue weighted by Crippen LogP contribution is 2.27. The van der Waals surface area contributed by atoms with Crippen LogP contribution in [-0.4, -0.2) is 9.97 Å². The third kappa shape index (κ3) is 1.48. The fourth-order valence-electron chi connectivity index (χ4n) is 1.78. The summed E-state index contributed by atoms with van der Waals surface area (Å²) in [6, 6.07) is 13.8. The minimum Gasteiger partial charge on any atom is -0.352 e. The molecule has 16 heavy (non-hydrogen) atoms. The molecule has 0 unspecified atom stereocenters. The summed E-state index contributed by atoms with van der Waals surface area (Å²) in [5.74, 6) is 0. The first-order valence-corrected chi connectivity index (χ1v) is 5.41. The van der Waals surface area contributed by atoms with Gasteiger partial charge in [-0.2, -0.15) is 0 Å². The Balaban J connectivity index is 2.23. The summed E-state index contributed by atoms with van der Waals surface area (Å²) in [4.78, 5) is 7.59. The molecule has 1 aromatic carbocycles. The van der Waals surface area contributed by atoms with Gasteiger partial charge in [0, 0.05) is 11.6 Å². The second kappa shape index (κ2) is 3.65. The van der Waals surface area contributed by atoms with E-state index in [0.29, 0.717) is 0 Å². The van der Waals surface area contributed by atoms with Crippen molar-refractivity contribution in [2.75, 3.05) is 0 Å². The highest BCUT2D eigenvalue weighted by molar-refractivity contribution is 6.35. The van der Waals surface area contributed by atoms with Crippen LogP contribution in [0, 0.1) is 0 Å². The van der Waals surface area contributed by atoms with E-state index in [9.17, 15) is 0 Å². The number of hydrogen-bond donors (Lipinski definition) is 1. The summed E-state index contributed by atoms with van der Waals surface area (Å²) >= 11 is 6.11. The predicted molar refractivity (Wildman–Crippen MR) is 66.5 cm³/mol. The molecule has 0 radical (unpaired) electrons. The Bertz CT molecular complexity index is 629. The van der Waals surface area contributed by atoms with Gasteiger partial charge in [-0.05, 0) is 24.3 Å². The molecule has 1 N–H and O–H groups in total. The van der Waals surface area contributed by atoms with E-state index in [-0.39, 0.29) is 0 Å². The van der Waals surface area contributed by atoms with Gasteiger partial charge < -0.3 is 4.98 Å². The maximum Gasteiger partial charge on any atom is 0.0864 e. The molecule has 3 aromatic rings. The number of aromatic amines is 1. The number of rotatable bonds is 1. The van der Waals surface area contributed by atoms with Crippen molar-refractivity contribution in [1.82, 2.24) is 9.97 Å². The van der Waals surface area contributed by atoms with Gasteiger partial charge >= 0.3 is 0 Å². The topological polar surface area (TPSA) is 28.7 Å². The van der Waals surface area contributed by atoms with Gasteiger partial charge in [0.15, 0.2) is 0 Å². The molecular weight excluding hydrogens is 220 g/mol. The number of nitrogens with zero attached hydrogens (tertiary/aromatic N) is 1. The lowest BCUT2D eigenvalue weighted by atomic mass is 10.2. The zero-order valence-corrected chi connectivity index (χ0v) is 9.20. The lowest BCUT2D eigenvalue weighted by molar-refractivity contribution is 1.29. The number of nitrogens with one attached hydrogen (secondary N) is 1. The summed E-state index contributed by atoms with van der Waals surface area (Å²) in [5.41, 5.74) is 2.88. The molecule has 0 fully saturated rings. The van der Waals surface area contributed by atoms with Crippen LogP contribution in [0.3, 0.4) is 0 Å². The summed E-state index contributed by atoms with van der Waals surface area (Å²) in [5, 5.41) is 1.84. The van der Waals surface area contributed by atoms with Crippen molar-refractivity contribution in [3.8, 4) is 11.4 Å². The first kappa shape index (κ1) is 9.43. The Morgan fingerprint density at radius 3 is 2.75 bits per heavy atom. The SMILES string of the molecule is Clc1cccc2cc(-c3ccccn3)[nH]c12. The van der Waals surface area contributed by atoms with Gasteiger partial charge in [0.1, 0.15) is 0 Å². The maximum atomic E-state index is 6.11. The molecule has 0 aliphatic heterocycles. The van der Waals surface area contributed by atoms with Gasteiger partial charge in [0.05, 0.1) is 21.9 Å². The monoisotopic (exact) mass is 228 g/mol. The highest BCUT2D eigenvalue weighted by atomic mass is 35.5. The molecule has 0 saturated carbocycles. The number of fused-ring (bicyclic) bond motifs is 1. The van der Waals surface area contributed by atoms with Crippen LogP contribution in [0.15, 0.2) is 48.7 Å². The molecule has 2 nitrogen and oxygen atoms in total. The van der Waals surface area contributed by atoms with Crippen molar-refractivity contribution in [1.29, 1.82) is 0 Å². The highest BCUT2D eigenvalue weighted by Gasteiger charge is 2.05. The Morgan fingerprint density at radius 1 is 1.06 bits per heavy atom. The smallest absolute Gasteiger partial charge is 0.0864 e. The van der Waals surface area contributed by atoms with Crippen molar-refractivity contribution in [3.63, 3.8) is 0 Å².